The van der Waals surface area contributed by atoms with Gasteiger partial charge in [0.05, 0.1) is 0 Å². The second-order valence-electron chi connectivity index (χ2n) is 7.00. The Hall–Kier alpha value is -2.78. The number of rotatable bonds is 8. The fraction of sp³-hybridized carbons (Fsp3) is 0.625. The number of H-pyrrole nitrogens is 1. The van der Waals surface area contributed by atoms with E-state index in [9.17, 15) is 19.2 Å². The molecule has 6 N–H and O–H groups in total. The van der Waals surface area contributed by atoms with Gasteiger partial charge in [-0.3, -0.25) is 24.5 Å². The Morgan fingerprint density at radius 3 is 2.31 bits per heavy atom. The molecule has 0 saturated heterocycles. The number of imide groups is 1. The highest BCUT2D eigenvalue weighted by molar-refractivity contribution is 5.93. The fourth-order valence-electron chi connectivity index (χ4n) is 2.60. The molecule has 0 radical (unpaired) electrons. The molecule has 0 aliphatic carbocycles. The van der Waals surface area contributed by atoms with Crippen molar-refractivity contribution in [3.63, 3.8) is 0 Å². The second kappa shape index (κ2) is 9.07. The summed E-state index contributed by atoms with van der Waals surface area (Å²) >= 11 is 0. The summed E-state index contributed by atoms with van der Waals surface area (Å²) in [7, 11) is 0. The average Bonchev–Trinajstić information content (AvgIpc) is 2.47. The molecule has 26 heavy (non-hydrogen) atoms. The molecule has 0 saturated carbocycles. The lowest BCUT2D eigenvalue weighted by Crippen LogP contribution is -2.42. The maximum atomic E-state index is 12.4. The minimum absolute atomic E-state index is 0.0577. The van der Waals surface area contributed by atoms with E-state index < -0.39 is 23.2 Å². The zero-order valence-electron chi connectivity index (χ0n) is 15.7. The predicted octanol–water partition coefficient (Wildman–Crippen LogP) is -0.178. The number of nitrogens with zero attached hydrogens (tertiary/aromatic N) is 2. The van der Waals surface area contributed by atoms with Gasteiger partial charge in [0.15, 0.2) is 0 Å². The molecule has 1 aromatic heterocycles. The van der Waals surface area contributed by atoms with Crippen LogP contribution in [0.1, 0.15) is 34.1 Å². The van der Waals surface area contributed by atoms with Crippen molar-refractivity contribution >= 4 is 23.4 Å². The predicted molar refractivity (Wildman–Crippen MR) is 100.0 cm³/mol. The summed E-state index contributed by atoms with van der Waals surface area (Å²) in [4.78, 5) is 50.8. The Bertz CT molecular complexity index is 765. The van der Waals surface area contributed by atoms with Crippen LogP contribution in [-0.4, -0.2) is 34.6 Å². The smallest absolute Gasteiger partial charge is 0.330 e. The summed E-state index contributed by atoms with van der Waals surface area (Å²) in [5, 5.41) is 1.98. The van der Waals surface area contributed by atoms with E-state index in [0.29, 0.717) is 13.1 Å². The number of nitrogens with one attached hydrogen (secondary N) is 2. The van der Waals surface area contributed by atoms with Crippen molar-refractivity contribution in [2.45, 2.75) is 40.7 Å². The lowest BCUT2D eigenvalue weighted by atomic mass is 10.2. The van der Waals surface area contributed by atoms with Gasteiger partial charge in [0.1, 0.15) is 11.5 Å². The van der Waals surface area contributed by atoms with E-state index in [1.807, 2.05) is 33.0 Å². The lowest BCUT2D eigenvalue weighted by molar-refractivity contribution is -0.119. The topological polar surface area (TPSA) is 156 Å². The normalized spacial score (nSPS) is 11.0. The maximum absolute atomic E-state index is 12.4. The van der Waals surface area contributed by atoms with Crippen LogP contribution in [0, 0.1) is 11.8 Å². The summed E-state index contributed by atoms with van der Waals surface area (Å²) < 4.78 is 1.32. The number of nitrogens with two attached hydrogens (primary N) is 2. The molecule has 3 amide bonds. The van der Waals surface area contributed by atoms with E-state index in [4.69, 9.17) is 11.5 Å². The summed E-state index contributed by atoms with van der Waals surface area (Å²) in [5.74, 6) is -0.188. The first-order valence-electron chi connectivity index (χ1n) is 8.49. The number of aromatic nitrogens is 2. The second-order valence-corrected chi connectivity index (χ2v) is 7.00. The Morgan fingerprint density at radius 2 is 1.81 bits per heavy atom. The molecule has 0 spiro atoms. The van der Waals surface area contributed by atoms with Crippen molar-refractivity contribution in [3.8, 4) is 0 Å². The molecular weight excluding hydrogens is 340 g/mol. The van der Waals surface area contributed by atoms with Crippen LogP contribution in [0.3, 0.4) is 0 Å². The van der Waals surface area contributed by atoms with Gasteiger partial charge in [-0.15, -0.1) is 0 Å². The van der Waals surface area contributed by atoms with Crippen LogP contribution in [-0.2, 0) is 11.3 Å². The molecule has 146 valence electrons. The van der Waals surface area contributed by atoms with Crippen LogP contribution in [0.2, 0.25) is 0 Å². The van der Waals surface area contributed by atoms with Crippen LogP contribution >= 0.6 is 0 Å². The first-order valence-corrected chi connectivity index (χ1v) is 8.49. The molecule has 0 aromatic carbocycles. The molecule has 1 aromatic rings. The molecule has 0 unspecified atom stereocenters. The molecule has 1 rings (SSSR count). The van der Waals surface area contributed by atoms with Crippen LogP contribution in [0.5, 0.6) is 0 Å². The number of nitrogen functional groups attached to an aromatic ring is 1. The molecule has 10 nitrogen and oxygen atoms in total. The number of anilines is 2. The van der Waals surface area contributed by atoms with E-state index in [-0.39, 0.29) is 36.3 Å². The fourth-order valence-corrected chi connectivity index (χ4v) is 2.60. The van der Waals surface area contributed by atoms with Crippen molar-refractivity contribution in [3.05, 3.63) is 20.8 Å². The number of urea groups is 1. The van der Waals surface area contributed by atoms with Gasteiger partial charge >= 0.3 is 11.7 Å². The van der Waals surface area contributed by atoms with Gasteiger partial charge in [0.25, 0.3) is 5.56 Å². The third kappa shape index (κ3) is 5.94. The monoisotopic (exact) mass is 368 g/mol. The average molecular weight is 368 g/mol. The molecule has 0 fully saturated rings. The van der Waals surface area contributed by atoms with E-state index >= 15 is 0 Å². The van der Waals surface area contributed by atoms with Gasteiger partial charge in [-0.2, -0.15) is 0 Å². The van der Waals surface area contributed by atoms with Crippen molar-refractivity contribution in [1.82, 2.24) is 14.9 Å². The van der Waals surface area contributed by atoms with E-state index in [1.165, 1.54) is 4.57 Å². The number of amides is 3. The number of primary amides is 1. The Morgan fingerprint density at radius 1 is 1.19 bits per heavy atom. The highest BCUT2D eigenvalue weighted by atomic mass is 16.2. The Labute approximate surface area is 151 Å². The van der Waals surface area contributed by atoms with Gasteiger partial charge in [-0.05, 0) is 11.8 Å². The molecule has 1 heterocycles. The third-order valence-electron chi connectivity index (χ3n) is 3.53. The zero-order chi connectivity index (χ0) is 20.0. The Kier molecular flexibility index (Phi) is 7.41. The van der Waals surface area contributed by atoms with Crippen LogP contribution in [0.15, 0.2) is 9.59 Å². The van der Waals surface area contributed by atoms with Crippen molar-refractivity contribution < 1.29 is 9.59 Å². The van der Waals surface area contributed by atoms with Crippen molar-refractivity contribution in [2.75, 3.05) is 23.7 Å². The van der Waals surface area contributed by atoms with Crippen molar-refractivity contribution in [2.24, 2.45) is 17.6 Å². The molecule has 10 heteroatoms. The van der Waals surface area contributed by atoms with Crippen molar-refractivity contribution in [1.29, 1.82) is 0 Å². The van der Waals surface area contributed by atoms with Gasteiger partial charge in [0.2, 0.25) is 5.91 Å². The molecule has 0 aliphatic heterocycles. The maximum Gasteiger partial charge on any atom is 0.330 e. The SMILES string of the molecule is CC(C)CN(CCC(=O)NC(N)=O)c1c(N)n(CC(C)C)c(=O)[nH]c1=O. The lowest BCUT2D eigenvalue weighted by Gasteiger charge is -2.27. The highest BCUT2D eigenvalue weighted by Crippen LogP contribution is 2.19. The number of aromatic amines is 1. The number of hydrogen-bond acceptors (Lipinski definition) is 6. The number of carbonyl (C=O) groups excluding carboxylic acids is 2. The largest absolute Gasteiger partial charge is 0.383 e. The minimum Gasteiger partial charge on any atom is -0.383 e. The summed E-state index contributed by atoms with van der Waals surface area (Å²) in [6, 6.07) is -0.937. The highest BCUT2D eigenvalue weighted by Gasteiger charge is 2.21. The van der Waals surface area contributed by atoms with Gasteiger partial charge in [0, 0.05) is 26.1 Å². The number of carbonyl (C=O) groups is 2. The van der Waals surface area contributed by atoms with Gasteiger partial charge < -0.3 is 16.4 Å². The molecule has 0 aliphatic rings. The third-order valence-corrected chi connectivity index (χ3v) is 3.53. The summed E-state index contributed by atoms with van der Waals surface area (Å²) in [5.41, 5.74) is 10.0. The summed E-state index contributed by atoms with van der Waals surface area (Å²) in [6.45, 7) is 8.69. The first kappa shape index (κ1) is 21.3. The Balaban J connectivity index is 3.24. The van der Waals surface area contributed by atoms with Gasteiger partial charge in [-0.25, -0.2) is 9.59 Å². The minimum atomic E-state index is -0.937. The standard InChI is InChI=1S/C16H28N6O4/c1-9(2)7-21(6-5-11(23)19-15(18)25)12-13(17)22(8-10(3)4)16(26)20-14(12)24/h9-10H,5-8,17H2,1-4H3,(H,20,24,26)(H3,18,19,23,25). The quantitative estimate of drug-likeness (QED) is 0.499. The van der Waals surface area contributed by atoms with Crippen LogP contribution in [0.25, 0.3) is 0 Å². The van der Waals surface area contributed by atoms with E-state index in [0.717, 1.165) is 0 Å². The first-order chi connectivity index (χ1) is 12.0. The van der Waals surface area contributed by atoms with Gasteiger partial charge in [-0.1, -0.05) is 27.7 Å². The number of hydrogen-bond donors (Lipinski definition) is 4. The van der Waals surface area contributed by atoms with Crippen LogP contribution in [0.4, 0.5) is 16.3 Å². The zero-order valence-corrected chi connectivity index (χ0v) is 15.7. The molecule has 0 atom stereocenters. The van der Waals surface area contributed by atoms with E-state index in [2.05, 4.69) is 4.98 Å². The molecule has 0 bridgehead atoms. The van der Waals surface area contributed by atoms with E-state index in [1.54, 1.807) is 4.90 Å². The van der Waals surface area contributed by atoms with Crippen LogP contribution < -0.4 is 32.9 Å². The summed E-state index contributed by atoms with van der Waals surface area (Å²) in [6.07, 6.45) is -0.0577. The molecular formula is C16H28N6O4.